The van der Waals surface area contributed by atoms with Gasteiger partial charge in [0, 0.05) is 11.6 Å². The molecule has 0 aliphatic rings. The average Bonchev–Trinajstić information content (AvgIpc) is 2.60. The first-order chi connectivity index (χ1) is 11.5. The zero-order chi connectivity index (χ0) is 17.5. The minimum absolute atomic E-state index is 0.0865. The summed E-state index contributed by atoms with van der Waals surface area (Å²) in [5.41, 5.74) is 0.242. The van der Waals surface area contributed by atoms with Gasteiger partial charge in [0.15, 0.2) is 5.78 Å². The van der Waals surface area contributed by atoms with Gasteiger partial charge in [0.25, 0.3) is 0 Å². The van der Waals surface area contributed by atoms with Gasteiger partial charge >= 0.3 is 11.9 Å². The molecule has 0 amide bonds. The molecule has 0 aromatic heterocycles. The first-order valence-electron chi connectivity index (χ1n) is 6.92. The molecule has 122 valence electrons. The van der Waals surface area contributed by atoms with Crippen LogP contribution in [0.5, 0.6) is 11.5 Å². The van der Waals surface area contributed by atoms with Gasteiger partial charge in [0.2, 0.25) is 0 Å². The third-order valence-corrected chi connectivity index (χ3v) is 3.07. The van der Waals surface area contributed by atoms with Crippen molar-refractivity contribution < 1.29 is 29.0 Å². The van der Waals surface area contributed by atoms with Crippen LogP contribution in [0.25, 0.3) is 0 Å². The van der Waals surface area contributed by atoms with E-state index >= 15 is 0 Å². The molecule has 0 fully saturated rings. The number of carbonyl (C=O) groups is 3. The van der Waals surface area contributed by atoms with Crippen molar-refractivity contribution in [1.82, 2.24) is 0 Å². The second kappa shape index (κ2) is 7.73. The Balaban J connectivity index is 2.05. The molecule has 0 bridgehead atoms. The van der Waals surface area contributed by atoms with Crippen LogP contribution in [0.15, 0.2) is 60.7 Å². The number of hydrogen-bond acceptors (Lipinski definition) is 5. The number of rotatable bonds is 6. The molecule has 0 saturated heterocycles. The summed E-state index contributed by atoms with van der Waals surface area (Å²) < 4.78 is 9.94. The molecule has 1 N–H and O–H groups in total. The number of carbonyl (C=O) groups excluding carboxylic acids is 2. The van der Waals surface area contributed by atoms with Gasteiger partial charge in [-0.2, -0.15) is 0 Å². The fourth-order valence-electron chi connectivity index (χ4n) is 1.87. The number of methoxy groups -OCH3 is 1. The van der Waals surface area contributed by atoms with Crippen molar-refractivity contribution in [3.8, 4) is 11.5 Å². The predicted octanol–water partition coefficient (Wildman–Crippen LogP) is 2.74. The Hall–Kier alpha value is -3.41. The minimum Gasteiger partial charge on any atom is -0.497 e. The van der Waals surface area contributed by atoms with E-state index in [1.165, 1.54) is 25.3 Å². The zero-order valence-electron chi connectivity index (χ0n) is 12.8. The number of allylic oxidation sites excluding steroid dienone is 1. The van der Waals surface area contributed by atoms with Crippen LogP contribution in [-0.4, -0.2) is 29.9 Å². The molecule has 0 saturated carbocycles. The molecule has 0 spiro atoms. The summed E-state index contributed by atoms with van der Waals surface area (Å²) >= 11 is 0. The highest BCUT2D eigenvalue weighted by Gasteiger charge is 2.12. The standard InChI is InChI=1S/C18H14O6/c1-23-13-8-6-12(7-9-13)15(19)10-11-17(20)24-16-5-3-2-4-14(16)18(21)22/h2-11H,1H3,(H,21,22). The maximum absolute atomic E-state index is 11.9. The largest absolute Gasteiger partial charge is 0.497 e. The van der Waals surface area contributed by atoms with Crippen molar-refractivity contribution in [1.29, 1.82) is 0 Å². The lowest BCUT2D eigenvalue weighted by molar-refractivity contribution is -0.129. The molecule has 6 nitrogen and oxygen atoms in total. The quantitative estimate of drug-likeness (QED) is 0.380. The lowest BCUT2D eigenvalue weighted by Crippen LogP contribution is -2.09. The fourth-order valence-corrected chi connectivity index (χ4v) is 1.87. The smallest absolute Gasteiger partial charge is 0.339 e. The van der Waals surface area contributed by atoms with Crippen LogP contribution in [-0.2, 0) is 4.79 Å². The highest BCUT2D eigenvalue weighted by atomic mass is 16.5. The van der Waals surface area contributed by atoms with E-state index in [1.54, 1.807) is 30.3 Å². The Bertz CT molecular complexity index is 789. The van der Waals surface area contributed by atoms with Crippen molar-refractivity contribution in [3.05, 3.63) is 71.8 Å². The summed E-state index contributed by atoms with van der Waals surface area (Å²) in [6, 6.07) is 12.1. The average molecular weight is 326 g/mol. The first kappa shape index (κ1) is 17.0. The van der Waals surface area contributed by atoms with Crippen LogP contribution in [0, 0.1) is 0 Å². The number of benzene rings is 2. The molecule has 6 heteroatoms. The molecule has 0 radical (unpaired) electrons. The van der Waals surface area contributed by atoms with E-state index in [0.29, 0.717) is 11.3 Å². The normalized spacial score (nSPS) is 10.4. The molecular weight excluding hydrogens is 312 g/mol. The number of carboxylic acid groups (broad SMARTS) is 1. The molecule has 2 aromatic carbocycles. The number of para-hydroxylation sites is 1. The van der Waals surface area contributed by atoms with E-state index in [4.69, 9.17) is 14.6 Å². The topological polar surface area (TPSA) is 89.9 Å². The Morgan fingerprint density at radius 2 is 1.62 bits per heavy atom. The van der Waals surface area contributed by atoms with Gasteiger partial charge < -0.3 is 14.6 Å². The van der Waals surface area contributed by atoms with E-state index in [9.17, 15) is 14.4 Å². The minimum atomic E-state index is -1.21. The van der Waals surface area contributed by atoms with Crippen LogP contribution in [0.2, 0.25) is 0 Å². The maximum atomic E-state index is 11.9. The summed E-state index contributed by atoms with van der Waals surface area (Å²) in [5.74, 6) is -1.92. The van der Waals surface area contributed by atoms with E-state index < -0.39 is 11.9 Å². The molecular formula is C18H14O6. The second-order valence-electron chi connectivity index (χ2n) is 4.65. The van der Waals surface area contributed by atoms with Gasteiger partial charge in [0.05, 0.1) is 7.11 Å². The van der Waals surface area contributed by atoms with Gasteiger partial charge in [0.1, 0.15) is 17.1 Å². The number of carboxylic acids is 1. The van der Waals surface area contributed by atoms with E-state index in [-0.39, 0.29) is 17.1 Å². The van der Waals surface area contributed by atoms with Gasteiger partial charge in [-0.25, -0.2) is 9.59 Å². The van der Waals surface area contributed by atoms with Crippen molar-refractivity contribution in [2.24, 2.45) is 0 Å². The Morgan fingerprint density at radius 3 is 2.25 bits per heavy atom. The molecule has 0 unspecified atom stereocenters. The third kappa shape index (κ3) is 4.30. The van der Waals surface area contributed by atoms with E-state index in [2.05, 4.69) is 0 Å². The Morgan fingerprint density at radius 1 is 0.958 bits per heavy atom. The van der Waals surface area contributed by atoms with Crippen LogP contribution in [0.3, 0.4) is 0 Å². The van der Waals surface area contributed by atoms with Crippen LogP contribution >= 0.6 is 0 Å². The van der Waals surface area contributed by atoms with Crippen molar-refractivity contribution >= 4 is 17.7 Å². The summed E-state index contributed by atoms with van der Waals surface area (Å²) in [4.78, 5) is 34.7. The van der Waals surface area contributed by atoms with E-state index in [1.807, 2.05) is 0 Å². The molecule has 2 aromatic rings. The molecule has 2 rings (SSSR count). The van der Waals surface area contributed by atoms with Crippen LogP contribution in [0.1, 0.15) is 20.7 Å². The number of ketones is 1. The maximum Gasteiger partial charge on any atom is 0.339 e. The number of esters is 1. The van der Waals surface area contributed by atoms with Gasteiger partial charge in [-0.15, -0.1) is 0 Å². The molecule has 0 atom stereocenters. The highest BCUT2D eigenvalue weighted by Crippen LogP contribution is 2.18. The van der Waals surface area contributed by atoms with Gasteiger partial charge in [-0.1, -0.05) is 12.1 Å². The van der Waals surface area contributed by atoms with Crippen LogP contribution in [0.4, 0.5) is 0 Å². The van der Waals surface area contributed by atoms with Crippen molar-refractivity contribution in [2.45, 2.75) is 0 Å². The second-order valence-corrected chi connectivity index (χ2v) is 4.65. The number of hydrogen-bond donors (Lipinski definition) is 1. The number of ether oxygens (including phenoxy) is 2. The monoisotopic (exact) mass is 326 g/mol. The SMILES string of the molecule is COc1ccc(C(=O)C=CC(=O)Oc2ccccc2C(=O)O)cc1. The summed E-state index contributed by atoms with van der Waals surface area (Å²) in [5, 5.41) is 9.01. The van der Waals surface area contributed by atoms with Gasteiger partial charge in [-0.05, 0) is 42.5 Å². The zero-order valence-corrected chi connectivity index (χ0v) is 12.8. The third-order valence-electron chi connectivity index (χ3n) is 3.07. The van der Waals surface area contributed by atoms with E-state index in [0.717, 1.165) is 12.2 Å². The first-order valence-corrected chi connectivity index (χ1v) is 6.92. The summed E-state index contributed by atoms with van der Waals surface area (Å²) in [6.07, 6.45) is 2.01. The summed E-state index contributed by atoms with van der Waals surface area (Å²) in [7, 11) is 1.52. The van der Waals surface area contributed by atoms with Gasteiger partial charge in [-0.3, -0.25) is 4.79 Å². The molecule has 24 heavy (non-hydrogen) atoms. The molecule has 0 aliphatic carbocycles. The van der Waals surface area contributed by atoms with Crippen molar-refractivity contribution in [2.75, 3.05) is 7.11 Å². The fraction of sp³-hybridized carbons (Fsp3) is 0.0556. The molecule has 0 aliphatic heterocycles. The Labute approximate surface area is 137 Å². The molecule has 0 heterocycles. The van der Waals surface area contributed by atoms with Crippen LogP contribution < -0.4 is 9.47 Å². The lowest BCUT2D eigenvalue weighted by atomic mass is 10.1. The highest BCUT2D eigenvalue weighted by molar-refractivity contribution is 6.07. The predicted molar refractivity (Wildman–Crippen MR) is 85.5 cm³/mol. The van der Waals surface area contributed by atoms with Crippen molar-refractivity contribution in [3.63, 3.8) is 0 Å². The Kier molecular flexibility index (Phi) is 5.46. The number of aromatic carboxylic acids is 1. The summed E-state index contributed by atoms with van der Waals surface area (Å²) in [6.45, 7) is 0. The lowest BCUT2D eigenvalue weighted by Gasteiger charge is -2.04.